The Kier molecular flexibility index (Phi) is 8.48. The summed E-state index contributed by atoms with van der Waals surface area (Å²) in [6.45, 7) is 1.10. The number of thiophene rings is 1. The Labute approximate surface area is 216 Å². The fraction of sp³-hybridized carbons (Fsp3) is 0.357. The van der Waals surface area contributed by atoms with E-state index in [0.29, 0.717) is 42.3 Å². The Hall–Kier alpha value is -3.52. The number of carbonyl (C=O) groups excluding carboxylic acids is 2. The maximum Gasteiger partial charge on any atom is 0.254 e. The minimum Gasteiger partial charge on any atom is -0.497 e. The van der Waals surface area contributed by atoms with Gasteiger partial charge in [0.1, 0.15) is 12.3 Å². The molecule has 7 nitrogen and oxygen atoms in total. The van der Waals surface area contributed by atoms with Gasteiger partial charge in [-0.2, -0.15) is 0 Å². The summed E-state index contributed by atoms with van der Waals surface area (Å²) in [5, 5.41) is 2.01. The van der Waals surface area contributed by atoms with Crippen LogP contribution in [0.2, 0.25) is 0 Å². The zero-order valence-electron chi connectivity index (χ0n) is 20.9. The molecule has 0 bridgehead atoms. The van der Waals surface area contributed by atoms with E-state index in [9.17, 15) is 9.59 Å². The fourth-order valence-corrected chi connectivity index (χ4v) is 4.80. The number of carbonyl (C=O) groups is 2. The molecular formula is C28H32N2O5S. The van der Waals surface area contributed by atoms with E-state index < -0.39 is 0 Å². The lowest BCUT2D eigenvalue weighted by molar-refractivity contribution is -0.132. The Morgan fingerprint density at radius 3 is 2.31 bits per heavy atom. The topological polar surface area (TPSA) is 68.3 Å². The molecule has 2 amide bonds. The smallest absolute Gasteiger partial charge is 0.254 e. The highest BCUT2D eigenvalue weighted by Gasteiger charge is 2.35. The number of rotatable bonds is 12. The van der Waals surface area contributed by atoms with Crippen LogP contribution >= 0.6 is 11.3 Å². The van der Waals surface area contributed by atoms with Gasteiger partial charge in [0.15, 0.2) is 11.5 Å². The minimum atomic E-state index is -0.121. The van der Waals surface area contributed by atoms with Gasteiger partial charge in [-0.05, 0) is 72.7 Å². The third-order valence-electron chi connectivity index (χ3n) is 6.29. The van der Waals surface area contributed by atoms with Gasteiger partial charge in [-0.15, -0.1) is 11.3 Å². The summed E-state index contributed by atoms with van der Waals surface area (Å²) in [6, 6.07) is 17.0. The third kappa shape index (κ3) is 6.37. The summed E-state index contributed by atoms with van der Waals surface area (Å²) < 4.78 is 16.0. The zero-order valence-corrected chi connectivity index (χ0v) is 21.8. The molecule has 1 heterocycles. The summed E-state index contributed by atoms with van der Waals surface area (Å²) >= 11 is 1.62. The summed E-state index contributed by atoms with van der Waals surface area (Å²) in [5.41, 5.74) is 1.61. The molecule has 1 fully saturated rings. The third-order valence-corrected chi connectivity index (χ3v) is 7.15. The molecule has 1 aliphatic carbocycles. The molecule has 1 saturated carbocycles. The van der Waals surface area contributed by atoms with Gasteiger partial charge < -0.3 is 24.0 Å². The van der Waals surface area contributed by atoms with E-state index in [0.717, 1.165) is 23.3 Å². The Bertz CT molecular complexity index is 1160. The Balaban J connectivity index is 1.48. The first-order valence-electron chi connectivity index (χ1n) is 12.0. The van der Waals surface area contributed by atoms with Crippen molar-refractivity contribution in [1.82, 2.24) is 9.80 Å². The maximum absolute atomic E-state index is 13.6. The van der Waals surface area contributed by atoms with Crippen LogP contribution in [0.5, 0.6) is 17.2 Å². The van der Waals surface area contributed by atoms with Crippen molar-refractivity contribution in [2.75, 3.05) is 34.4 Å². The van der Waals surface area contributed by atoms with Crippen molar-refractivity contribution in [3.8, 4) is 17.2 Å². The van der Waals surface area contributed by atoms with Crippen molar-refractivity contribution in [1.29, 1.82) is 0 Å². The highest BCUT2D eigenvalue weighted by atomic mass is 32.1. The molecular weight excluding hydrogens is 476 g/mol. The second-order valence-corrected chi connectivity index (χ2v) is 9.76. The van der Waals surface area contributed by atoms with Crippen LogP contribution in [-0.4, -0.2) is 62.1 Å². The normalized spacial score (nSPS) is 12.6. The average molecular weight is 509 g/mol. The van der Waals surface area contributed by atoms with Crippen LogP contribution in [0.25, 0.3) is 0 Å². The summed E-state index contributed by atoms with van der Waals surface area (Å²) in [4.78, 5) is 31.5. The lowest BCUT2D eigenvalue weighted by Crippen LogP contribution is -2.44. The molecule has 0 aliphatic heterocycles. The second-order valence-electron chi connectivity index (χ2n) is 8.73. The van der Waals surface area contributed by atoms with Crippen molar-refractivity contribution < 1.29 is 23.8 Å². The van der Waals surface area contributed by atoms with E-state index in [-0.39, 0.29) is 24.4 Å². The zero-order chi connectivity index (χ0) is 25.5. The minimum absolute atomic E-state index is 0.0577. The van der Waals surface area contributed by atoms with E-state index in [1.807, 2.05) is 40.6 Å². The molecule has 36 heavy (non-hydrogen) atoms. The first kappa shape index (κ1) is 25.6. The van der Waals surface area contributed by atoms with E-state index in [1.165, 1.54) is 0 Å². The van der Waals surface area contributed by atoms with Gasteiger partial charge in [0.2, 0.25) is 5.91 Å². The highest BCUT2D eigenvalue weighted by Crippen LogP contribution is 2.30. The van der Waals surface area contributed by atoms with Gasteiger partial charge in [0.05, 0.1) is 27.9 Å². The molecule has 0 unspecified atom stereocenters. The second kappa shape index (κ2) is 11.9. The lowest BCUT2D eigenvalue weighted by atomic mass is 10.1. The van der Waals surface area contributed by atoms with Crippen LogP contribution in [0.3, 0.4) is 0 Å². The number of nitrogens with zero attached hydrogens (tertiary/aromatic N) is 2. The molecule has 8 heteroatoms. The first-order chi connectivity index (χ1) is 17.5. The monoisotopic (exact) mass is 508 g/mol. The summed E-state index contributed by atoms with van der Waals surface area (Å²) in [5.74, 6) is 1.85. The molecule has 4 rings (SSSR count). The summed E-state index contributed by atoms with van der Waals surface area (Å²) in [6.07, 6.45) is 2.50. The number of amides is 2. The van der Waals surface area contributed by atoms with Gasteiger partial charge in [0, 0.05) is 23.0 Å². The van der Waals surface area contributed by atoms with Crippen LogP contribution < -0.4 is 14.2 Å². The number of methoxy groups -OCH3 is 3. The van der Waals surface area contributed by atoms with Gasteiger partial charge in [0.25, 0.3) is 5.91 Å². The molecule has 190 valence electrons. The molecule has 0 atom stereocenters. The van der Waals surface area contributed by atoms with E-state index in [4.69, 9.17) is 14.2 Å². The fourth-order valence-electron chi connectivity index (χ4n) is 4.08. The quantitative estimate of drug-likeness (QED) is 0.356. The first-order valence-corrected chi connectivity index (χ1v) is 12.9. The Morgan fingerprint density at radius 2 is 1.69 bits per heavy atom. The molecule has 1 aromatic heterocycles. The summed E-state index contributed by atoms with van der Waals surface area (Å²) in [7, 11) is 4.81. The van der Waals surface area contributed by atoms with Crippen LogP contribution in [0, 0.1) is 0 Å². The van der Waals surface area contributed by atoms with Gasteiger partial charge in [-0.1, -0.05) is 12.1 Å². The predicted octanol–water partition coefficient (Wildman–Crippen LogP) is 4.65. The van der Waals surface area contributed by atoms with Crippen LogP contribution in [0.4, 0.5) is 0 Å². The molecule has 0 N–H and O–H groups in total. The van der Waals surface area contributed by atoms with Gasteiger partial charge in [-0.3, -0.25) is 9.59 Å². The highest BCUT2D eigenvalue weighted by molar-refractivity contribution is 7.09. The largest absolute Gasteiger partial charge is 0.497 e. The molecule has 3 aromatic rings. The van der Waals surface area contributed by atoms with Gasteiger partial charge in [-0.25, -0.2) is 0 Å². The molecule has 2 aromatic carbocycles. The van der Waals surface area contributed by atoms with Crippen LogP contribution in [-0.2, 0) is 17.8 Å². The van der Waals surface area contributed by atoms with Crippen molar-refractivity contribution in [2.45, 2.75) is 31.8 Å². The number of ether oxygens (including phenoxy) is 3. The number of hydrogen-bond donors (Lipinski definition) is 0. The SMILES string of the molecule is COc1ccc(C(=O)N(CC(=O)N(CCc2ccc(OC)c(OC)c2)Cc2cccs2)C2CC2)cc1. The molecule has 0 saturated heterocycles. The van der Waals surface area contributed by atoms with Crippen molar-refractivity contribution in [2.24, 2.45) is 0 Å². The predicted molar refractivity (Wildman–Crippen MR) is 140 cm³/mol. The van der Waals surface area contributed by atoms with E-state index in [1.54, 1.807) is 61.8 Å². The van der Waals surface area contributed by atoms with Crippen molar-refractivity contribution >= 4 is 23.2 Å². The number of hydrogen-bond acceptors (Lipinski definition) is 6. The van der Waals surface area contributed by atoms with Crippen molar-refractivity contribution in [3.05, 3.63) is 76.0 Å². The lowest BCUT2D eigenvalue weighted by Gasteiger charge is -2.28. The maximum atomic E-state index is 13.6. The standard InChI is InChI=1S/C28H32N2O5S/c1-33-23-11-7-21(8-12-23)28(32)30(22-9-10-22)19-27(31)29(18-24-5-4-16-36-24)15-14-20-6-13-25(34-2)26(17-20)35-3/h4-8,11-13,16-17,22H,9-10,14-15,18-19H2,1-3H3. The van der Waals surface area contributed by atoms with Gasteiger partial charge >= 0.3 is 0 Å². The molecule has 1 aliphatic rings. The molecule has 0 spiro atoms. The Morgan fingerprint density at radius 1 is 0.944 bits per heavy atom. The van der Waals surface area contributed by atoms with Crippen LogP contribution in [0.15, 0.2) is 60.0 Å². The van der Waals surface area contributed by atoms with E-state index >= 15 is 0 Å². The number of benzene rings is 2. The van der Waals surface area contributed by atoms with Crippen LogP contribution in [0.1, 0.15) is 33.6 Å². The average Bonchev–Trinajstić information content (AvgIpc) is 3.63. The van der Waals surface area contributed by atoms with E-state index in [2.05, 4.69) is 0 Å². The van der Waals surface area contributed by atoms with Crippen molar-refractivity contribution in [3.63, 3.8) is 0 Å². The molecule has 0 radical (unpaired) electrons.